The molecule has 0 fully saturated rings. The first-order chi connectivity index (χ1) is 8.89. The van der Waals surface area contributed by atoms with Crippen molar-refractivity contribution in [3.05, 3.63) is 48.0 Å². The van der Waals surface area contributed by atoms with Crippen molar-refractivity contribution >= 4 is 0 Å². The van der Waals surface area contributed by atoms with Crippen LogP contribution in [-0.4, -0.2) is 9.97 Å². The fraction of sp³-hybridized carbons (Fsp3) is 0.231. The van der Waals surface area contributed by atoms with E-state index in [4.69, 9.17) is 5.73 Å². The molecule has 2 aromatic rings. The van der Waals surface area contributed by atoms with Crippen molar-refractivity contribution in [2.24, 2.45) is 5.73 Å². The molecule has 0 aliphatic rings. The molecule has 2 N–H and O–H groups in total. The van der Waals surface area contributed by atoms with Gasteiger partial charge < -0.3 is 5.73 Å². The van der Waals surface area contributed by atoms with Crippen LogP contribution >= 0.6 is 0 Å². The first kappa shape index (κ1) is 13.5. The van der Waals surface area contributed by atoms with Gasteiger partial charge in [-0.15, -0.1) is 0 Å². The number of alkyl halides is 3. The van der Waals surface area contributed by atoms with Gasteiger partial charge in [0.05, 0.1) is 11.6 Å². The van der Waals surface area contributed by atoms with E-state index in [0.717, 1.165) is 6.07 Å². The van der Waals surface area contributed by atoms with Gasteiger partial charge in [-0.2, -0.15) is 13.2 Å². The fourth-order valence-electron chi connectivity index (χ4n) is 1.69. The first-order valence-corrected chi connectivity index (χ1v) is 5.63. The molecule has 0 amide bonds. The predicted molar refractivity (Wildman–Crippen MR) is 65.1 cm³/mol. The van der Waals surface area contributed by atoms with Crippen LogP contribution < -0.4 is 5.73 Å². The number of benzene rings is 1. The Morgan fingerprint density at radius 2 is 1.68 bits per heavy atom. The molecule has 1 unspecified atom stereocenters. The molecule has 1 aromatic heterocycles. The molecule has 1 aromatic carbocycles. The van der Waals surface area contributed by atoms with Gasteiger partial charge in [0.1, 0.15) is 5.82 Å². The third-order valence-electron chi connectivity index (χ3n) is 2.62. The highest BCUT2D eigenvalue weighted by Crippen LogP contribution is 2.36. The summed E-state index contributed by atoms with van der Waals surface area (Å²) in [6.45, 7) is 1.71. The van der Waals surface area contributed by atoms with Crippen molar-refractivity contribution in [1.82, 2.24) is 9.97 Å². The van der Waals surface area contributed by atoms with Crippen LogP contribution in [0.5, 0.6) is 0 Å². The normalized spacial score (nSPS) is 13.3. The van der Waals surface area contributed by atoms with Gasteiger partial charge in [0.25, 0.3) is 0 Å². The average molecular weight is 267 g/mol. The van der Waals surface area contributed by atoms with Gasteiger partial charge in [-0.1, -0.05) is 18.2 Å². The second kappa shape index (κ2) is 4.97. The molecule has 1 atom stereocenters. The van der Waals surface area contributed by atoms with E-state index in [-0.39, 0.29) is 11.6 Å². The molecule has 19 heavy (non-hydrogen) atoms. The molecule has 0 aliphatic carbocycles. The summed E-state index contributed by atoms with van der Waals surface area (Å²) in [6.07, 6.45) is -1.69. The molecule has 100 valence electrons. The molecule has 2 rings (SSSR count). The van der Waals surface area contributed by atoms with E-state index >= 15 is 0 Å². The highest BCUT2D eigenvalue weighted by atomic mass is 19.4. The van der Waals surface area contributed by atoms with Crippen LogP contribution in [0.2, 0.25) is 0 Å². The lowest BCUT2D eigenvalue weighted by Gasteiger charge is -2.12. The van der Waals surface area contributed by atoms with E-state index in [2.05, 4.69) is 9.97 Å². The number of hydrogen-bond acceptors (Lipinski definition) is 3. The first-order valence-electron chi connectivity index (χ1n) is 5.63. The maximum Gasteiger partial charge on any atom is 0.417 e. The van der Waals surface area contributed by atoms with Crippen LogP contribution in [-0.2, 0) is 6.18 Å². The maximum atomic E-state index is 12.9. The lowest BCUT2D eigenvalue weighted by molar-refractivity contribution is -0.137. The molecule has 0 saturated carbocycles. The molecule has 0 bridgehead atoms. The minimum Gasteiger partial charge on any atom is -0.322 e. The Morgan fingerprint density at radius 3 is 2.21 bits per heavy atom. The highest BCUT2D eigenvalue weighted by molar-refractivity contribution is 5.66. The summed E-state index contributed by atoms with van der Waals surface area (Å²) in [6, 6.07) is 4.97. The van der Waals surface area contributed by atoms with E-state index in [1.807, 2.05) is 0 Å². The van der Waals surface area contributed by atoms with E-state index in [0.29, 0.717) is 11.4 Å². The van der Waals surface area contributed by atoms with Crippen LogP contribution in [0.25, 0.3) is 11.1 Å². The van der Waals surface area contributed by atoms with E-state index in [1.54, 1.807) is 13.0 Å². The monoisotopic (exact) mass is 267 g/mol. The molecule has 0 radical (unpaired) electrons. The molecular weight excluding hydrogens is 255 g/mol. The van der Waals surface area contributed by atoms with Gasteiger partial charge in [-0.25, -0.2) is 9.97 Å². The minimum absolute atomic E-state index is 0.0613. The van der Waals surface area contributed by atoms with Crippen LogP contribution in [0, 0.1) is 0 Å². The second-order valence-electron chi connectivity index (χ2n) is 4.16. The van der Waals surface area contributed by atoms with Crippen molar-refractivity contribution in [2.45, 2.75) is 19.1 Å². The Morgan fingerprint density at radius 1 is 1.11 bits per heavy atom. The van der Waals surface area contributed by atoms with Crippen molar-refractivity contribution in [3.8, 4) is 11.1 Å². The number of aromatic nitrogens is 2. The van der Waals surface area contributed by atoms with Gasteiger partial charge in [0, 0.05) is 18.0 Å². The summed E-state index contributed by atoms with van der Waals surface area (Å²) in [7, 11) is 0. The van der Waals surface area contributed by atoms with Crippen molar-refractivity contribution in [3.63, 3.8) is 0 Å². The van der Waals surface area contributed by atoms with Gasteiger partial charge in [0.15, 0.2) is 0 Å². The maximum absolute atomic E-state index is 12.9. The summed E-state index contributed by atoms with van der Waals surface area (Å²) in [5, 5.41) is 0. The van der Waals surface area contributed by atoms with Crippen LogP contribution in [0.4, 0.5) is 13.2 Å². The molecule has 0 saturated heterocycles. The summed E-state index contributed by atoms with van der Waals surface area (Å²) in [5.74, 6) is 0.397. The van der Waals surface area contributed by atoms with Crippen molar-refractivity contribution in [2.75, 3.05) is 0 Å². The van der Waals surface area contributed by atoms with Crippen molar-refractivity contribution < 1.29 is 13.2 Å². The number of hydrogen-bond donors (Lipinski definition) is 1. The molecule has 0 spiro atoms. The Hall–Kier alpha value is -1.95. The number of nitrogens with two attached hydrogens (primary N) is 1. The van der Waals surface area contributed by atoms with Gasteiger partial charge in [-0.3, -0.25) is 0 Å². The fourth-order valence-corrected chi connectivity index (χ4v) is 1.69. The summed E-state index contributed by atoms with van der Waals surface area (Å²) >= 11 is 0. The smallest absolute Gasteiger partial charge is 0.322 e. The Kier molecular flexibility index (Phi) is 3.53. The quantitative estimate of drug-likeness (QED) is 0.909. The van der Waals surface area contributed by atoms with Crippen LogP contribution in [0.15, 0.2) is 36.7 Å². The molecular formula is C13H12F3N3. The summed E-state index contributed by atoms with van der Waals surface area (Å²) in [5.41, 5.74) is 5.27. The predicted octanol–water partition coefficient (Wildman–Crippen LogP) is 3.18. The average Bonchev–Trinajstić information content (AvgIpc) is 2.38. The molecule has 6 heteroatoms. The van der Waals surface area contributed by atoms with E-state index < -0.39 is 11.7 Å². The number of halogens is 3. The molecule has 0 aliphatic heterocycles. The Balaban J connectivity index is 2.48. The Bertz CT molecular complexity index is 562. The third kappa shape index (κ3) is 2.90. The lowest BCUT2D eigenvalue weighted by atomic mass is 10.0. The zero-order valence-corrected chi connectivity index (χ0v) is 10.1. The standard InChI is InChI=1S/C13H12F3N3/c1-8(17)12-18-6-9(7-19-12)10-4-2-3-5-11(10)13(14,15)16/h2-8H,17H2,1H3. The molecule has 3 nitrogen and oxygen atoms in total. The zero-order chi connectivity index (χ0) is 14.0. The number of rotatable bonds is 2. The summed E-state index contributed by atoms with van der Waals surface area (Å²) in [4.78, 5) is 7.95. The topological polar surface area (TPSA) is 51.8 Å². The van der Waals surface area contributed by atoms with Gasteiger partial charge in [0.2, 0.25) is 0 Å². The van der Waals surface area contributed by atoms with Gasteiger partial charge in [-0.05, 0) is 18.6 Å². The summed E-state index contributed by atoms with van der Waals surface area (Å²) < 4.78 is 38.6. The number of nitrogens with zero attached hydrogens (tertiary/aromatic N) is 2. The second-order valence-corrected chi connectivity index (χ2v) is 4.16. The van der Waals surface area contributed by atoms with Crippen molar-refractivity contribution in [1.29, 1.82) is 0 Å². The minimum atomic E-state index is -4.41. The van der Waals surface area contributed by atoms with E-state index in [1.165, 1.54) is 24.5 Å². The van der Waals surface area contributed by atoms with E-state index in [9.17, 15) is 13.2 Å². The SMILES string of the molecule is CC(N)c1ncc(-c2ccccc2C(F)(F)F)cn1. The van der Waals surface area contributed by atoms with Crippen LogP contribution in [0.3, 0.4) is 0 Å². The largest absolute Gasteiger partial charge is 0.417 e. The molecule has 1 heterocycles. The third-order valence-corrected chi connectivity index (χ3v) is 2.62. The van der Waals surface area contributed by atoms with Crippen LogP contribution in [0.1, 0.15) is 24.4 Å². The Labute approximate surface area is 108 Å². The van der Waals surface area contributed by atoms with Gasteiger partial charge >= 0.3 is 6.18 Å². The lowest BCUT2D eigenvalue weighted by Crippen LogP contribution is -2.10. The zero-order valence-electron chi connectivity index (χ0n) is 10.1. The highest BCUT2D eigenvalue weighted by Gasteiger charge is 2.33.